The number of amides is 1. The van der Waals surface area contributed by atoms with Crippen molar-refractivity contribution in [3.8, 4) is 5.75 Å². The zero-order valence-corrected chi connectivity index (χ0v) is 13.4. The Balaban J connectivity index is 2.27. The Morgan fingerprint density at radius 1 is 1.33 bits per heavy atom. The molecule has 21 heavy (non-hydrogen) atoms. The molecule has 1 aromatic rings. The Kier molecular flexibility index (Phi) is 7.23. The summed E-state index contributed by atoms with van der Waals surface area (Å²) in [5.41, 5.74) is 5.48. The summed E-state index contributed by atoms with van der Waals surface area (Å²) in [5, 5.41) is 3.05. The van der Waals surface area contributed by atoms with Gasteiger partial charge < -0.3 is 15.8 Å². The van der Waals surface area contributed by atoms with Crippen LogP contribution in [0.25, 0.3) is 0 Å². The van der Waals surface area contributed by atoms with E-state index in [1.807, 2.05) is 37.3 Å². The minimum Gasteiger partial charge on any atom is -0.494 e. The molecular formula is C17H28N2O2. The van der Waals surface area contributed by atoms with E-state index < -0.39 is 0 Å². The van der Waals surface area contributed by atoms with Crippen molar-refractivity contribution >= 4 is 5.91 Å². The van der Waals surface area contributed by atoms with Crippen molar-refractivity contribution in [2.45, 2.75) is 45.6 Å². The third kappa shape index (κ3) is 7.14. The summed E-state index contributed by atoms with van der Waals surface area (Å²) in [6.45, 7) is 7.27. The molecule has 0 aliphatic carbocycles. The summed E-state index contributed by atoms with van der Waals surface area (Å²) < 4.78 is 5.57. The quantitative estimate of drug-likeness (QED) is 0.688. The van der Waals surface area contributed by atoms with Gasteiger partial charge in [0, 0.05) is 18.5 Å². The molecule has 0 saturated carbocycles. The molecule has 1 amide bonds. The predicted molar refractivity (Wildman–Crippen MR) is 86.2 cm³/mol. The fraction of sp³-hybridized carbons (Fsp3) is 0.588. The van der Waals surface area contributed by atoms with E-state index in [0.717, 1.165) is 12.2 Å². The van der Waals surface area contributed by atoms with Crippen LogP contribution in [0.3, 0.4) is 0 Å². The van der Waals surface area contributed by atoms with Gasteiger partial charge in [-0.3, -0.25) is 4.79 Å². The minimum atomic E-state index is -0.314. The zero-order valence-electron chi connectivity index (χ0n) is 13.4. The van der Waals surface area contributed by atoms with E-state index in [2.05, 4.69) is 19.2 Å². The molecule has 1 unspecified atom stereocenters. The summed E-state index contributed by atoms with van der Waals surface area (Å²) in [6.07, 6.45) is 2.04. The number of hydrogen-bond donors (Lipinski definition) is 2. The average Bonchev–Trinajstić information content (AvgIpc) is 2.44. The second kappa shape index (κ2) is 8.67. The van der Waals surface area contributed by atoms with Gasteiger partial charge >= 0.3 is 0 Å². The molecule has 0 aliphatic heterocycles. The van der Waals surface area contributed by atoms with Crippen LogP contribution >= 0.6 is 0 Å². The van der Waals surface area contributed by atoms with Gasteiger partial charge in [-0.25, -0.2) is 0 Å². The first kappa shape index (κ1) is 17.5. The van der Waals surface area contributed by atoms with E-state index in [1.54, 1.807) is 0 Å². The first-order valence-electron chi connectivity index (χ1n) is 7.64. The van der Waals surface area contributed by atoms with Crippen LogP contribution in [0.15, 0.2) is 30.3 Å². The highest BCUT2D eigenvalue weighted by atomic mass is 16.5. The zero-order chi connectivity index (χ0) is 15.7. The highest BCUT2D eigenvalue weighted by Crippen LogP contribution is 2.15. The molecule has 0 radical (unpaired) electrons. The number of nitrogens with one attached hydrogen (secondary N) is 1. The lowest BCUT2D eigenvalue weighted by atomic mass is 9.90. The van der Waals surface area contributed by atoms with Gasteiger partial charge in [0.2, 0.25) is 5.91 Å². The van der Waals surface area contributed by atoms with Crippen LogP contribution in [0.2, 0.25) is 0 Å². The summed E-state index contributed by atoms with van der Waals surface area (Å²) in [7, 11) is 0. The van der Waals surface area contributed by atoms with Crippen LogP contribution in [-0.2, 0) is 4.79 Å². The lowest BCUT2D eigenvalue weighted by molar-refractivity contribution is -0.123. The maximum atomic E-state index is 12.0. The van der Waals surface area contributed by atoms with Crippen molar-refractivity contribution in [1.29, 1.82) is 0 Å². The molecule has 0 aromatic heterocycles. The molecule has 0 fully saturated rings. The molecule has 1 atom stereocenters. The van der Waals surface area contributed by atoms with Gasteiger partial charge in [0.05, 0.1) is 6.61 Å². The van der Waals surface area contributed by atoms with Crippen molar-refractivity contribution in [3.63, 3.8) is 0 Å². The molecule has 1 rings (SSSR count). The number of carbonyl (C=O) groups is 1. The van der Waals surface area contributed by atoms with E-state index in [-0.39, 0.29) is 11.4 Å². The number of rotatable bonds is 9. The normalized spacial score (nSPS) is 13.8. The number of ether oxygens (including phenoxy) is 1. The Labute approximate surface area is 128 Å². The highest BCUT2D eigenvalue weighted by Gasteiger charge is 2.25. The Morgan fingerprint density at radius 2 is 2.00 bits per heavy atom. The minimum absolute atomic E-state index is 0.0419. The Hall–Kier alpha value is -1.55. The van der Waals surface area contributed by atoms with Gasteiger partial charge in [-0.1, -0.05) is 32.0 Å². The van der Waals surface area contributed by atoms with Crippen LogP contribution in [0.1, 0.15) is 40.0 Å². The van der Waals surface area contributed by atoms with Gasteiger partial charge in [-0.05, 0) is 37.8 Å². The highest BCUT2D eigenvalue weighted by molar-refractivity contribution is 5.76. The monoisotopic (exact) mass is 292 g/mol. The second-order valence-electron chi connectivity index (χ2n) is 6.18. The van der Waals surface area contributed by atoms with Crippen LogP contribution in [0.4, 0.5) is 0 Å². The molecule has 1 aromatic carbocycles. The van der Waals surface area contributed by atoms with E-state index in [1.165, 1.54) is 0 Å². The fourth-order valence-electron chi connectivity index (χ4n) is 2.42. The number of hydrogen-bond acceptors (Lipinski definition) is 3. The van der Waals surface area contributed by atoms with Crippen LogP contribution in [-0.4, -0.2) is 24.6 Å². The standard InChI is InChI=1S/C17H28N2O2/c1-14(2)12-17(3,13-18)19-16(20)10-7-11-21-15-8-5-4-6-9-15/h4-6,8-9,14H,7,10-13,18H2,1-3H3,(H,19,20). The topological polar surface area (TPSA) is 64.3 Å². The number of para-hydroxylation sites is 1. The lowest BCUT2D eigenvalue weighted by Gasteiger charge is -2.31. The molecule has 0 bridgehead atoms. The van der Waals surface area contributed by atoms with Crippen molar-refractivity contribution < 1.29 is 9.53 Å². The predicted octanol–water partition coefficient (Wildman–Crippen LogP) is 2.73. The van der Waals surface area contributed by atoms with E-state index in [4.69, 9.17) is 10.5 Å². The summed E-state index contributed by atoms with van der Waals surface area (Å²) >= 11 is 0. The smallest absolute Gasteiger partial charge is 0.220 e. The van der Waals surface area contributed by atoms with Gasteiger partial charge in [0.15, 0.2) is 0 Å². The van der Waals surface area contributed by atoms with Gasteiger partial charge in [0.1, 0.15) is 5.75 Å². The van der Waals surface area contributed by atoms with Crippen molar-refractivity contribution in [2.24, 2.45) is 11.7 Å². The first-order valence-corrected chi connectivity index (χ1v) is 7.64. The maximum absolute atomic E-state index is 12.0. The molecule has 118 valence electrons. The van der Waals surface area contributed by atoms with E-state index in [9.17, 15) is 4.79 Å². The molecule has 0 heterocycles. The third-order valence-electron chi connectivity index (χ3n) is 3.31. The molecule has 0 saturated heterocycles. The maximum Gasteiger partial charge on any atom is 0.220 e. The number of benzene rings is 1. The summed E-state index contributed by atoms with van der Waals surface area (Å²) in [5.74, 6) is 1.38. The number of nitrogens with two attached hydrogens (primary N) is 1. The van der Waals surface area contributed by atoms with E-state index >= 15 is 0 Å². The molecule has 0 aliphatic rings. The summed E-state index contributed by atoms with van der Waals surface area (Å²) in [6, 6.07) is 9.63. The summed E-state index contributed by atoms with van der Waals surface area (Å²) in [4.78, 5) is 12.0. The molecule has 4 heteroatoms. The van der Waals surface area contributed by atoms with Gasteiger partial charge in [-0.2, -0.15) is 0 Å². The Morgan fingerprint density at radius 3 is 2.57 bits per heavy atom. The van der Waals surface area contributed by atoms with Crippen molar-refractivity contribution in [3.05, 3.63) is 30.3 Å². The SMILES string of the molecule is CC(C)CC(C)(CN)NC(=O)CCCOc1ccccc1. The molecule has 0 spiro atoms. The van der Waals surface area contributed by atoms with Crippen LogP contribution < -0.4 is 15.8 Å². The van der Waals surface area contributed by atoms with Crippen molar-refractivity contribution in [1.82, 2.24) is 5.32 Å². The largest absolute Gasteiger partial charge is 0.494 e. The molecular weight excluding hydrogens is 264 g/mol. The van der Waals surface area contributed by atoms with Crippen molar-refractivity contribution in [2.75, 3.05) is 13.2 Å². The van der Waals surface area contributed by atoms with Gasteiger partial charge in [-0.15, -0.1) is 0 Å². The molecule has 3 N–H and O–H groups in total. The lowest BCUT2D eigenvalue weighted by Crippen LogP contribution is -2.52. The third-order valence-corrected chi connectivity index (χ3v) is 3.31. The first-order chi connectivity index (χ1) is 9.95. The fourth-order valence-corrected chi connectivity index (χ4v) is 2.42. The van der Waals surface area contributed by atoms with Crippen LogP contribution in [0.5, 0.6) is 5.75 Å². The van der Waals surface area contributed by atoms with Gasteiger partial charge in [0.25, 0.3) is 0 Å². The Bertz CT molecular complexity index is 420. The second-order valence-corrected chi connectivity index (χ2v) is 6.18. The molecule has 4 nitrogen and oxygen atoms in total. The average molecular weight is 292 g/mol. The van der Waals surface area contributed by atoms with Crippen LogP contribution in [0, 0.1) is 5.92 Å². The number of carbonyl (C=O) groups excluding carboxylic acids is 1. The van der Waals surface area contributed by atoms with E-state index in [0.29, 0.717) is 31.9 Å².